The van der Waals surface area contributed by atoms with Crippen molar-refractivity contribution in [2.24, 2.45) is 5.73 Å². The fraction of sp³-hybridized carbons (Fsp3) is 0.0952. The van der Waals surface area contributed by atoms with Gasteiger partial charge in [0.1, 0.15) is 5.75 Å². The summed E-state index contributed by atoms with van der Waals surface area (Å²) in [6, 6.07) is 21.9. The second-order valence-electron chi connectivity index (χ2n) is 6.02. The number of primary amides is 1. The highest BCUT2D eigenvalue weighted by Gasteiger charge is 2.17. The molecule has 0 fully saturated rings. The first-order chi connectivity index (χ1) is 12.2. The zero-order valence-corrected chi connectivity index (χ0v) is 13.9. The number of aromatic nitrogens is 1. The molecular weight excluding hydrogens is 312 g/mol. The number of hydrogen-bond donors (Lipinski definition) is 1. The summed E-state index contributed by atoms with van der Waals surface area (Å²) in [4.78, 5) is 12.0. The van der Waals surface area contributed by atoms with Gasteiger partial charge in [0, 0.05) is 28.4 Å². The third kappa shape index (κ3) is 2.52. The van der Waals surface area contributed by atoms with Crippen molar-refractivity contribution in [1.82, 2.24) is 4.57 Å². The van der Waals surface area contributed by atoms with Crippen molar-refractivity contribution in [2.45, 2.75) is 6.54 Å². The van der Waals surface area contributed by atoms with Crippen LogP contribution < -0.4 is 10.5 Å². The monoisotopic (exact) mass is 330 g/mol. The van der Waals surface area contributed by atoms with E-state index >= 15 is 0 Å². The van der Waals surface area contributed by atoms with Gasteiger partial charge in [-0.25, -0.2) is 0 Å². The molecule has 0 unspecified atom stereocenters. The Kier molecular flexibility index (Phi) is 3.65. The third-order valence-electron chi connectivity index (χ3n) is 4.55. The molecule has 0 aliphatic carbocycles. The van der Waals surface area contributed by atoms with Gasteiger partial charge < -0.3 is 15.0 Å². The predicted molar refractivity (Wildman–Crippen MR) is 100 cm³/mol. The van der Waals surface area contributed by atoms with Crippen LogP contribution in [0.1, 0.15) is 15.9 Å². The Balaban J connectivity index is 2.06. The first-order valence-corrected chi connectivity index (χ1v) is 8.11. The van der Waals surface area contributed by atoms with E-state index in [-0.39, 0.29) is 0 Å². The number of benzene rings is 3. The smallest absolute Gasteiger partial charge is 0.249 e. The maximum Gasteiger partial charge on any atom is 0.249 e. The molecule has 0 bridgehead atoms. The molecule has 2 N–H and O–H groups in total. The van der Waals surface area contributed by atoms with Crippen molar-refractivity contribution in [3.8, 4) is 5.75 Å². The molecule has 4 rings (SSSR count). The van der Waals surface area contributed by atoms with Gasteiger partial charge in [-0.15, -0.1) is 0 Å². The molecule has 1 aromatic heterocycles. The van der Waals surface area contributed by atoms with E-state index in [1.807, 2.05) is 48.5 Å². The van der Waals surface area contributed by atoms with Crippen LogP contribution in [0.5, 0.6) is 5.75 Å². The molecule has 0 spiro atoms. The van der Waals surface area contributed by atoms with Gasteiger partial charge in [0.25, 0.3) is 0 Å². The second kappa shape index (κ2) is 5.98. The van der Waals surface area contributed by atoms with Gasteiger partial charge in [-0.05, 0) is 35.9 Å². The van der Waals surface area contributed by atoms with Gasteiger partial charge in [-0.2, -0.15) is 0 Å². The summed E-state index contributed by atoms with van der Waals surface area (Å²) in [6.07, 6.45) is 0. The number of hydrogen-bond acceptors (Lipinski definition) is 2. The van der Waals surface area contributed by atoms with Crippen molar-refractivity contribution in [2.75, 3.05) is 7.11 Å². The van der Waals surface area contributed by atoms with Gasteiger partial charge in [-0.3, -0.25) is 4.79 Å². The van der Waals surface area contributed by atoms with Crippen LogP contribution in [0.25, 0.3) is 21.8 Å². The molecule has 4 aromatic rings. The van der Waals surface area contributed by atoms with Gasteiger partial charge >= 0.3 is 0 Å². The predicted octanol–water partition coefficient (Wildman–Crippen LogP) is 3.95. The fourth-order valence-corrected chi connectivity index (χ4v) is 3.40. The minimum absolute atomic E-state index is 0.424. The quantitative estimate of drug-likeness (QED) is 0.616. The molecule has 1 amide bonds. The second-order valence-corrected chi connectivity index (χ2v) is 6.02. The lowest BCUT2D eigenvalue weighted by atomic mass is 10.1. The first kappa shape index (κ1) is 15.3. The van der Waals surface area contributed by atoms with Crippen LogP contribution in [-0.4, -0.2) is 17.6 Å². The Bertz CT molecular complexity index is 1080. The molecule has 1 heterocycles. The topological polar surface area (TPSA) is 57.2 Å². The normalized spacial score (nSPS) is 11.1. The zero-order valence-electron chi connectivity index (χ0n) is 13.9. The fourth-order valence-electron chi connectivity index (χ4n) is 3.40. The summed E-state index contributed by atoms with van der Waals surface area (Å²) >= 11 is 0. The number of rotatable bonds is 4. The van der Waals surface area contributed by atoms with E-state index in [4.69, 9.17) is 10.5 Å². The molecule has 0 saturated carbocycles. The van der Waals surface area contributed by atoms with Crippen molar-refractivity contribution >= 4 is 27.7 Å². The summed E-state index contributed by atoms with van der Waals surface area (Å²) in [5.74, 6) is 0.331. The Morgan fingerprint density at radius 2 is 1.80 bits per heavy atom. The van der Waals surface area contributed by atoms with E-state index < -0.39 is 5.91 Å². The number of carbonyl (C=O) groups is 1. The molecule has 0 aliphatic rings. The lowest BCUT2D eigenvalue weighted by molar-refractivity contribution is 0.100. The van der Waals surface area contributed by atoms with Crippen molar-refractivity contribution in [3.05, 3.63) is 77.9 Å². The van der Waals surface area contributed by atoms with Crippen LogP contribution in [0.4, 0.5) is 0 Å². The maximum absolute atomic E-state index is 12.0. The molecule has 4 nitrogen and oxygen atoms in total. The minimum atomic E-state index is -0.424. The summed E-state index contributed by atoms with van der Waals surface area (Å²) in [6.45, 7) is 0.718. The molecule has 0 atom stereocenters. The highest BCUT2D eigenvalue weighted by Crippen LogP contribution is 2.34. The standard InChI is InChI=1S/C21H18N2O2/c1-25-15-10-11-18-17(12-15)20-16(21(22)24)8-5-9-19(20)23(18)13-14-6-3-2-4-7-14/h2-12H,13H2,1H3,(H2,22,24). The van der Waals surface area contributed by atoms with Gasteiger partial charge in [-0.1, -0.05) is 36.4 Å². The SMILES string of the molecule is COc1ccc2c(c1)c1c(C(N)=O)cccc1n2Cc1ccccc1. The molecular formula is C21H18N2O2. The van der Waals surface area contributed by atoms with Crippen LogP contribution in [-0.2, 0) is 6.54 Å². The first-order valence-electron chi connectivity index (χ1n) is 8.11. The summed E-state index contributed by atoms with van der Waals surface area (Å²) in [5.41, 5.74) is 9.39. The van der Waals surface area contributed by atoms with E-state index in [9.17, 15) is 4.79 Å². The number of ether oxygens (including phenoxy) is 1. The van der Waals surface area contributed by atoms with Crippen molar-refractivity contribution < 1.29 is 9.53 Å². The van der Waals surface area contributed by atoms with E-state index in [1.54, 1.807) is 13.2 Å². The maximum atomic E-state index is 12.0. The van der Waals surface area contributed by atoms with E-state index in [0.29, 0.717) is 5.56 Å². The van der Waals surface area contributed by atoms with Crippen molar-refractivity contribution in [3.63, 3.8) is 0 Å². The van der Waals surface area contributed by atoms with Crippen LogP contribution in [0, 0.1) is 0 Å². The molecule has 0 radical (unpaired) electrons. The Morgan fingerprint density at radius 3 is 2.52 bits per heavy atom. The number of nitrogens with zero attached hydrogens (tertiary/aromatic N) is 1. The molecule has 3 aromatic carbocycles. The molecule has 25 heavy (non-hydrogen) atoms. The largest absolute Gasteiger partial charge is 0.497 e. The van der Waals surface area contributed by atoms with E-state index in [2.05, 4.69) is 16.7 Å². The molecule has 4 heteroatoms. The number of nitrogens with two attached hydrogens (primary N) is 1. The van der Waals surface area contributed by atoms with E-state index in [1.165, 1.54) is 5.56 Å². The highest BCUT2D eigenvalue weighted by molar-refractivity contribution is 6.18. The Hall–Kier alpha value is -3.27. The van der Waals surface area contributed by atoms with Gasteiger partial charge in [0.05, 0.1) is 12.6 Å². The average molecular weight is 330 g/mol. The van der Waals surface area contributed by atoms with Crippen LogP contribution in [0.15, 0.2) is 66.7 Å². The van der Waals surface area contributed by atoms with Gasteiger partial charge in [0.2, 0.25) is 5.91 Å². The number of methoxy groups -OCH3 is 1. The Morgan fingerprint density at radius 1 is 1.00 bits per heavy atom. The van der Waals surface area contributed by atoms with Gasteiger partial charge in [0.15, 0.2) is 0 Å². The molecule has 0 aliphatic heterocycles. The summed E-state index contributed by atoms with van der Waals surface area (Å²) in [5, 5.41) is 1.85. The third-order valence-corrected chi connectivity index (χ3v) is 4.55. The molecule has 124 valence electrons. The van der Waals surface area contributed by atoms with Crippen LogP contribution in [0.3, 0.4) is 0 Å². The average Bonchev–Trinajstić information content (AvgIpc) is 2.95. The lowest BCUT2D eigenvalue weighted by Gasteiger charge is -2.08. The van der Waals surface area contributed by atoms with Crippen molar-refractivity contribution in [1.29, 1.82) is 0 Å². The summed E-state index contributed by atoms with van der Waals surface area (Å²) < 4.78 is 7.59. The summed E-state index contributed by atoms with van der Waals surface area (Å²) in [7, 11) is 1.64. The minimum Gasteiger partial charge on any atom is -0.497 e. The highest BCUT2D eigenvalue weighted by atomic mass is 16.5. The Labute approximate surface area is 145 Å². The van der Waals surface area contributed by atoms with Crippen LogP contribution >= 0.6 is 0 Å². The number of carbonyl (C=O) groups excluding carboxylic acids is 1. The molecule has 0 saturated heterocycles. The number of amides is 1. The zero-order chi connectivity index (χ0) is 17.4. The lowest BCUT2D eigenvalue weighted by Crippen LogP contribution is -2.11. The number of fused-ring (bicyclic) bond motifs is 3. The van der Waals surface area contributed by atoms with E-state index in [0.717, 1.165) is 34.1 Å². The van der Waals surface area contributed by atoms with Crippen LogP contribution in [0.2, 0.25) is 0 Å².